The monoisotopic (exact) mass is 250 g/mol. The fourth-order valence-electron chi connectivity index (χ4n) is 2.80. The van der Waals surface area contributed by atoms with Gasteiger partial charge in [-0.05, 0) is 51.3 Å². The minimum atomic E-state index is 0.680. The Labute approximate surface area is 111 Å². The molecule has 0 aromatic carbocycles. The standard InChI is InChI=1S/C15H26N2O/c1-11-5-6-13(3)17(9-11)10-14-7-12(2)15(18-14)8-16-4/h7,11,13,16H,5-6,8-10H2,1-4H3. The van der Waals surface area contributed by atoms with E-state index >= 15 is 0 Å². The lowest BCUT2D eigenvalue weighted by Gasteiger charge is -2.36. The van der Waals surface area contributed by atoms with Gasteiger partial charge in [0.2, 0.25) is 0 Å². The van der Waals surface area contributed by atoms with Crippen molar-refractivity contribution in [2.45, 2.75) is 52.7 Å². The number of furan rings is 1. The number of aryl methyl sites for hydroxylation is 1. The maximum absolute atomic E-state index is 5.94. The molecule has 0 radical (unpaired) electrons. The average molecular weight is 250 g/mol. The van der Waals surface area contributed by atoms with E-state index in [-0.39, 0.29) is 0 Å². The Kier molecular flexibility index (Phi) is 4.46. The molecule has 0 spiro atoms. The van der Waals surface area contributed by atoms with Gasteiger partial charge in [0.15, 0.2) is 0 Å². The van der Waals surface area contributed by atoms with Gasteiger partial charge in [-0.15, -0.1) is 0 Å². The smallest absolute Gasteiger partial charge is 0.120 e. The van der Waals surface area contributed by atoms with E-state index < -0.39 is 0 Å². The van der Waals surface area contributed by atoms with E-state index in [9.17, 15) is 0 Å². The second kappa shape index (κ2) is 5.89. The van der Waals surface area contributed by atoms with Crippen molar-refractivity contribution in [2.24, 2.45) is 5.92 Å². The fourth-order valence-corrected chi connectivity index (χ4v) is 2.80. The highest BCUT2D eigenvalue weighted by Crippen LogP contribution is 2.24. The third-order valence-electron chi connectivity index (χ3n) is 4.01. The molecule has 1 saturated heterocycles. The van der Waals surface area contributed by atoms with Crippen LogP contribution in [0.4, 0.5) is 0 Å². The largest absolute Gasteiger partial charge is 0.463 e. The lowest BCUT2D eigenvalue weighted by molar-refractivity contribution is 0.108. The van der Waals surface area contributed by atoms with Crippen LogP contribution in [0.25, 0.3) is 0 Å². The molecule has 2 rings (SSSR count). The van der Waals surface area contributed by atoms with E-state index in [0.717, 1.165) is 30.5 Å². The first-order valence-electron chi connectivity index (χ1n) is 7.07. The van der Waals surface area contributed by atoms with Crippen LogP contribution < -0.4 is 5.32 Å². The Hall–Kier alpha value is -0.800. The first kappa shape index (κ1) is 13.6. The molecule has 1 aliphatic rings. The zero-order valence-electron chi connectivity index (χ0n) is 12.1. The van der Waals surface area contributed by atoms with Gasteiger partial charge >= 0.3 is 0 Å². The number of hydrogen-bond acceptors (Lipinski definition) is 3. The molecule has 102 valence electrons. The Morgan fingerprint density at radius 2 is 2.17 bits per heavy atom. The highest BCUT2D eigenvalue weighted by atomic mass is 16.3. The molecular weight excluding hydrogens is 224 g/mol. The van der Waals surface area contributed by atoms with Crippen molar-refractivity contribution in [2.75, 3.05) is 13.6 Å². The molecule has 2 atom stereocenters. The lowest BCUT2D eigenvalue weighted by Crippen LogP contribution is -2.40. The summed E-state index contributed by atoms with van der Waals surface area (Å²) in [6.45, 7) is 9.77. The van der Waals surface area contributed by atoms with E-state index in [2.05, 4.69) is 37.1 Å². The number of likely N-dealkylation sites (tertiary alicyclic amines) is 1. The maximum Gasteiger partial charge on any atom is 0.120 e. The first-order valence-corrected chi connectivity index (χ1v) is 7.07. The predicted molar refractivity (Wildman–Crippen MR) is 74.5 cm³/mol. The number of nitrogens with one attached hydrogen (secondary N) is 1. The van der Waals surface area contributed by atoms with Crippen molar-refractivity contribution in [1.82, 2.24) is 10.2 Å². The van der Waals surface area contributed by atoms with Gasteiger partial charge in [0.1, 0.15) is 11.5 Å². The molecule has 1 N–H and O–H groups in total. The third-order valence-corrected chi connectivity index (χ3v) is 4.01. The van der Waals surface area contributed by atoms with Gasteiger partial charge in [0.05, 0.1) is 13.1 Å². The number of rotatable bonds is 4. The topological polar surface area (TPSA) is 28.4 Å². The van der Waals surface area contributed by atoms with Crippen LogP contribution in [0.15, 0.2) is 10.5 Å². The SMILES string of the molecule is CNCc1oc(CN2CC(C)CCC2C)cc1C. The number of piperidine rings is 1. The molecule has 1 aromatic heterocycles. The molecule has 2 heterocycles. The van der Waals surface area contributed by atoms with Gasteiger partial charge in [-0.3, -0.25) is 4.90 Å². The fraction of sp³-hybridized carbons (Fsp3) is 0.733. The van der Waals surface area contributed by atoms with Crippen molar-refractivity contribution >= 4 is 0 Å². The minimum absolute atomic E-state index is 0.680. The second-order valence-electron chi connectivity index (χ2n) is 5.81. The summed E-state index contributed by atoms with van der Waals surface area (Å²) in [5, 5.41) is 3.15. The van der Waals surface area contributed by atoms with E-state index in [0.29, 0.717) is 6.04 Å². The van der Waals surface area contributed by atoms with Gasteiger partial charge in [-0.2, -0.15) is 0 Å². The van der Waals surface area contributed by atoms with Crippen LogP contribution in [-0.2, 0) is 13.1 Å². The van der Waals surface area contributed by atoms with E-state index in [4.69, 9.17) is 4.42 Å². The minimum Gasteiger partial charge on any atom is -0.463 e. The summed E-state index contributed by atoms with van der Waals surface area (Å²) in [5.41, 5.74) is 1.26. The molecule has 0 aliphatic carbocycles. The molecule has 0 saturated carbocycles. The Balaban J connectivity index is 2.01. The zero-order valence-corrected chi connectivity index (χ0v) is 12.1. The Morgan fingerprint density at radius 3 is 2.89 bits per heavy atom. The zero-order chi connectivity index (χ0) is 13.1. The van der Waals surface area contributed by atoms with Crippen molar-refractivity contribution in [3.8, 4) is 0 Å². The predicted octanol–water partition coefficient (Wildman–Crippen LogP) is 2.93. The van der Waals surface area contributed by atoms with Crippen LogP contribution in [0.5, 0.6) is 0 Å². The molecule has 3 heteroatoms. The summed E-state index contributed by atoms with van der Waals surface area (Å²) < 4.78 is 5.94. The van der Waals surface area contributed by atoms with E-state index in [1.165, 1.54) is 24.9 Å². The van der Waals surface area contributed by atoms with Crippen molar-refractivity contribution < 1.29 is 4.42 Å². The third kappa shape index (κ3) is 3.15. The first-order chi connectivity index (χ1) is 8.60. The molecule has 1 aromatic rings. The van der Waals surface area contributed by atoms with Crippen LogP contribution in [-0.4, -0.2) is 24.5 Å². The van der Waals surface area contributed by atoms with E-state index in [1.807, 2.05) is 7.05 Å². The normalized spacial score (nSPS) is 25.6. The number of hydrogen-bond donors (Lipinski definition) is 1. The van der Waals surface area contributed by atoms with Gasteiger partial charge in [-0.1, -0.05) is 6.92 Å². The van der Waals surface area contributed by atoms with Crippen LogP contribution in [0, 0.1) is 12.8 Å². The quantitative estimate of drug-likeness (QED) is 0.890. The molecule has 2 unspecified atom stereocenters. The van der Waals surface area contributed by atoms with Crippen LogP contribution in [0.2, 0.25) is 0 Å². The highest BCUT2D eigenvalue weighted by Gasteiger charge is 2.23. The molecule has 1 aliphatic heterocycles. The summed E-state index contributed by atoms with van der Waals surface area (Å²) in [4.78, 5) is 2.55. The molecule has 0 amide bonds. The van der Waals surface area contributed by atoms with Crippen molar-refractivity contribution in [3.63, 3.8) is 0 Å². The molecule has 3 nitrogen and oxygen atoms in total. The van der Waals surface area contributed by atoms with E-state index in [1.54, 1.807) is 0 Å². The summed E-state index contributed by atoms with van der Waals surface area (Å²) >= 11 is 0. The van der Waals surface area contributed by atoms with Gasteiger partial charge in [0, 0.05) is 12.6 Å². The van der Waals surface area contributed by atoms with Gasteiger partial charge in [-0.25, -0.2) is 0 Å². The maximum atomic E-state index is 5.94. The van der Waals surface area contributed by atoms with Crippen molar-refractivity contribution in [1.29, 1.82) is 0 Å². The van der Waals surface area contributed by atoms with Gasteiger partial charge < -0.3 is 9.73 Å². The Morgan fingerprint density at radius 1 is 1.39 bits per heavy atom. The lowest BCUT2D eigenvalue weighted by atomic mass is 9.95. The van der Waals surface area contributed by atoms with Crippen LogP contribution in [0.3, 0.4) is 0 Å². The van der Waals surface area contributed by atoms with Crippen molar-refractivity contribution in [3.05, 3.63) is 23.2 Å². The summed E-state index contributed by atoms with van der Waals surface area (Å²) in [6, 6.07) is 2.87. The van der Waals surface area contributed by atoms with Crippen LogP contribution >= 0.6 is 0 Å². The average Bonchev–Trinajstić information content (AvgIpc) is 2.65. The second-order valence-corrected chi connectivity index (χ2v) is 5.81. The summed E-state index contributed by atoms with van der Waals surface area (Å²) in [5.74, 6) is 3.00. The summed E-state index contributed by atoms with van der Waals surface area (Å²) in [6.07, 6.45) is 2.67. The number of nitrogens with zero attached hydrogens (tertiary/aromatic N) is 1. The highest BCUT2D eigenvalue weighted by molar-refractivity contribution is 5.20. The Bertz CT molecular complexity index is 386. The molecule has 1 fully saturated rings. The molecule has 18 heavy (non-hydrogen) atoms. The summed E-state index contributed by atoms with van der Waals surface area (Å²) in [7, 11) is 1.95. The van der Waals surface area contributed by atoms with Gasteiger partial charge in [0.25, 0.3) is 0 Å². The molecule has 0 bridgehead atoms. The van der Waals surface area contributed by atoms with Crippen LogP contribution in [0.1, 0.15) is 43.8 Å². The molecular formula is C15H26N2O.